The van der Waals surface area contributed by atoms with Crippen molar-refractivity contribution in [2.24, 2.45) is 0 Å². The molecule has 1 atom stereocenters. The summed E-state index contributed by atoms with van der Waals surface area (Å²) in [7, 11) is 1.44. The van der Waals surface area contributed by atoms with Gasteiger partial charge in [0.1, 0.15) is 11.9 Å². The van der Waals surface area contributed by atoms with Crippen LogP contribution in [0.5, 0.6) is 0 Å². The first kappa shape index (κ1) is 12.8. The third kappa shape index (κ3) is 2.98. The monoisotopic (exact) mass is 249 g/mol. The molecule has 0 bridgehead atoms. The van der Waals surface area contributed by atoms with Crippen LogP contribution in [0.4, 0.5) is 5.82 Å². The summed E-state index contributed by atoms with van der Waals surface area (Å²) < 4.78 is 4.86. The molecule has 0 saturated carbocycles. The zero-order valence-electron chi connectivity index (χ0n) is 10.6. The van der Waals surface area contributed by atoms with Crippen LogP contribution in [0.3, 0.4) is 0 Å². The van der Waals surface area contributed by atoms with E-state index in [1.165, 1.54) is 7.11 Å². The maximum absolute atomic E-state index is 11.7. The summed E-state index contributed by atoms with van der Waals surface area (Å²) in [5.41, 5.74) is 6.63. The number of methoxy groups -OCH3 is 1. The molecular weight excluding hydrogens is 230 g/mol. The Morgan fingerprint density at radius 3 is 3.06 bits per heavy atom. The van der Waals surface area contributed by atoms with E-state index in [1.807, 2.05) is 6.07 Å². The van der Waals surface area contributed by atoms with Crippen molar-refractivity contribution in [3.05, 3.63) is 23.9 Å². The molecule has 0 radical (unpaired) electrons. The summed E-state index contributed by atoms with van der Waals surface area (Å²) in [5.74, 6) is 0.375. The SMILES string of the molecule is COC(=O)C1CCCCN1Cc1ccc(N)nc1. The van der Waals surface area contributed by atoms with Gasteiger partial charge in [-0.05, 0) is 31.0 Å². The first-order valence-corrected chi connectivity index (χ1v) is 6.23. The Hall–Kier alpha value is -1.62. The molecular formula is C13H19N3O2. The third-order valence-electron chi connectivity index (χ3n) is 3.32. The van der Waals surface area contributed by atoms with Crippen LogP contribution in [0.25, 0.3) is 0 Å². The van der Waals surface area contributed by atoms with Crippen molar-refractivity contribution in [1.29, 1.82) is 0 Å². The van der Waals surface area contributed by atoms with Gasteiger partial charge in [0.05, 0.1) is 7.11 Å². The zero-order valence-corrected chi connectivity index (χ0v) is 10.6. The fraction of sp³-hybridized carbons (Fsp3) is 0.538. The van der Waals surface area contributed by atoms with Crippen LogP contribution in [0, 0.1) is 0 Å². The molecule has 2 rings (SSSR count). The molecule has 1 aliphatic rings. The Morgan fingerprint density at radius 1 is 1.56 bits per heavy atom. The number of esters is 1. The Balaban J connectivity index is 2.05. The fourth-order valence-electron chi connectivity index (χ4n) is 2.35. The topological polar surface area (TPSA) is 68.5 Å². The molecule has 1 saturated heterocycles. The molecule has 1 unspecified atom stereocenters. The van der Waals surface area contributed by atoms with Gasteiger partial charge in [0.2, 0.25) is 0 Å². The number of aromatic nitrogens is 1. The molecule has 1 aliphatic heterocycles. The quantitative estimate of drug-likeness (QED) is 0.815. The van der Waals surface area contributed by atoms with Crippen LogP contribution >= 0.6 is 0 Å². The van der Waals surface area contributed by atoms with Gasteiger partial charge in [-0.1, -0.05) is 12.5 Å². The lowest BCUT2D eigenvalue weighted by Crippen LogP contribution is -2.44. The minimum atomic E-state index is -0.141. The molecule has 2 N–H and O–H groups in total. The highest BCUT2D eigenvalue weighted by molar-refractivity contribution is 5.75. The van der Waals surface area contributed by atoms with Crippen LogP contribution in [-0.4, -0.2) is 35.5 Å². The number of ether oxygens (including phenoxy) is 1. The van der Waals surface area contributed by atoms with Crippen molar-refractivity contribution in [2.75, 3.05) is 19.4 Å². The second kappa shape index (κ2) is 5.82. The van der Waals surface area contributed by atoms with E-state index in [2.05, 4.69) is 9.88 Å². The number of carbonyl (C=O) groups is 1. The zero-order chi connectivity index (χ0) is 13.0. The number of carbonyl (C=O) groups excluding carboxylic acids is 1. The highest BCUT2D eigenvalue weighted by Crippen LogP contribution is 2.20. The van der Waals surface area contributed by atoms with Gasteiger partial charge < -0.3 is 10.5 Å². The van der Waals surface area contributed by atoms with Crippen molar-refractivity contribution in [1.82, 2.24) is 9.88 Å². The Labute approximate surface area is 107 Å². The standard InChI is InChI=1S/C13H19N3O2/c1-18-13(17)11-4-2-3-7-16(11)9-10-5-6-12(14)15-8-10/h5-6,8,11H,2-4,7,9H2,1H3,(H2,14,15). The fourth-order valence-corrected chi connectivity index (χ4v) is 2.35. The van der Waals surface area contributed by atoms with Crippen molar-refractivity contribution in [2.45, 2.75) is 31.8 Å². The second-order valence-electron chi connectivity index (χ2n) is 4.60. The lowest BCUT2D eigenvalue weighted by atomic mass is 10.0. The maximum Gasteiger partial charge on any atom is 0.323 e. The minimum absolute atomic E-state index is 0.124. The molecule has 98 valence electrons. The van der Waals surface area contributed by atoms with E-state index in [-0.39, 0.29) is 12.0 Å². The molecule has 0 amide bonds. The van der Waals surface area contributed by atoms with E-state index < -0.39 is 0 Å². The Morgan fingerprint density at radius 2 is 2.39 bits per heavy atom. The number of likely N-dealkylation sites (tertiary alicyclic amines) is 1. The number of piperidine rings is 1. The first-order chi connectivity index (χ1) is 8.70. The molecule has 5 nitrogen and oxygen atoms in total. The van der Waals surface area contributed by atoms with Gasteiger partial charge in [-0.15, -0.1) is 0 Å². The number of hydrogen-bond donors (Lipinski definition) is 1. The van der Waals surface area contributed by atoms with E-state index in [0.29, 0.717) is 12.4 Å². The van der Waals surface area contributed by atoms with Gasteiger partial charge in [0.25, 0.3) is 0 Å². The maximum atomic E-state index is 11.7. The van der Waals surface area contributed by atoms with Crippen LogP contribution < -0.4 is 5.73 Å². The van der Waals surface area contributed by atoms with E-state index in [1.54, 1.807) is 12.3 Å². The van der Waals surface area contributed by atoms with Gasteiger partial charge in [0, 0.05) is 12.7 Å². The van der Waals surface area contributed by atoms with Gasteiger partial charge in [-0.3, -0.25) is 9.69 Å². The average molecular weight is 249 g/mol. The number of anilines is 1. The highest BCUT2D eigenvalue weighted by Gasteiger charge is 2.29. The predicted octanol–water partition coefficient (Wildman–Crippen LogP) is 1.19. The average Bonchev–Trinajstić information content (AvgIpc) is 2.41. The van der Waals surface area contributed by atoms with Crippen LogP contribution in [0.15, 0.2) is 18.3 Å². The van der Waals surface area contributed by atoms with Gasteiger partial charge >= 0.3 is 5.97 Å². The number of hydrogen-bond acceptors (Lipinski definition) is 5. The minimum Gasteiger partial charge on any atom is -0.468 e. The smallest absolute Gasteiger partial charge is 0.323 e. The number of pyridine rings is 1. The number of rotatable bonds is 3. The summed E-state index contributed by atoms with van der Waals surface area (Å²) in [5, 5.41) is 0. The van der Waals surface area contributed by atoms with E-state index >= 15 is 0 Å². The van der Waals surface area contributed by atoms with Crippen molar-refractivity contribution >= 4 is 11.8 Å². The van der Waals surface area contributed by atoms with E-state index in [4.69, 9.17) is 10.5 Å². The summed E-state index contributed by atoms with van der Waals surface area (Å²) in [4.78, 5) is 17.9. The molecule has 2 heterocycles. The normalized spacial score (nSPS) is 20.6. The third-order valence-corrected chi connectivity index (χ3v) is 3.32. The van der Waals surface area contributed by atoms with Crippen LogP contribution in [0.2, 0.25) is 0 Å². The Bertz CT molecular complexity index is 405. The number of nitrogen functional groups attached to an aromatic ring is 1. The van der Waals surface area contributed by atoms with Crippen molar-refractivity contribution < 1.29 is 9.53 Å². The molecule has 1 fully saturated rings. The van der Waals surface area contributed by atoms with Crippen molar-refractivity contribution in [3.63, 3.8) is 0 Å². The van der Waals surface area contributed by atoms with Crippen molar-refractivity contribution in [3.8, 4) is 0 Å². The predicted molar refractivity (Wildman–Crippen MR) is 68.7 cm³/mol. The van der Waals surface area contributed by atoms with Gasteiger partial charge in [-0.25, -0.2) is 4.98 Å². The summed E-state index contributed by atoms with van der Waals surface area (Å²) in [6, 6.07) is 3.61. The molecule has 5 heteroatoms. The van der Waals surface area contributed by atoms with E-state index in [9.17, 15) is 4.79 Å². The molecule has 0 aliphatic carbocycles. The Kier molecular flexibility index (Phi) is 4.15. The molecule has 0 spiro atoms. The summed E-state index contributed by atoms with van der Waals surface area (Å²) >= 11 is 0. The second-order valence-corrected chi connectivity index (χ2v) is 4.60. The summed E-state index contributed by atoms with van der Waals surface area (Å²) in [6.45, 7) is 1.64. The van der Waals surface area contributed by atoms with Gasteiger partial charge in [0.15, 0.2) is 0 Å². The molecule has 0 aromatic carbocycles. The highest BCUT2D eigenvalue weighted by atomic mass is 16.5. The summed E-state index contributed by atoms with van der Waals surface area (Å²) in [6.07, 6.45) is 4.83. The molecule has 1 aromatic rings. The lowest BCUT2D eigenvalue weighted by Gasteiger charge is -2.33. The molecule has 1 aromatic heterocycles. The lowest BCUT2D eigenvalue weighted by molar-refractivity contribution is -0.148. The first-order valence-electron chi connectivity index (χ1n) is 6.23. The number of nitrogens with zero attached hydrogens (tertiary/aromatic N) is 2. The number of nitrogens with two attached hydrogens (primary N) is 1. The largest absolute Gasteiger partial charge is 0.468 e. The molecule has 18 heavy (non-hydrogen) atoms. The van der Waals surface area contributed by atoms with Crippen LogP contribution in [-0.2, 0) is 16.1 Å². The van der Waals surface area contributed by atoms with Crippen LogP contribution in [0.1, 0.15) is 24.8 Å². The van der Waals surface area contributed by atoms with E-state index in [0.717, 1.165) is 31.4 Å². The van der Waals surface area contributed by atoms with Gasteiger partial charge in [-0.2, -0.15) is 0 Å².